The van der Waals surface area contributed by atoms with Gasteiger partial charge in [0.15, 0.2) is 0 Å². The van der Waals surface area contributed by atoms with Crippen molar-refractivity contribution in [3.05, 3.63) is 63.3 Å². The van der Waals surface area contributed by atoms with E-state index in [9.17, 15) is 0 Å². The molecule has 2 aromatic rings. The van der Waals surface area contributed by atoms with Crippen LogP contribution in [0.2, 0.25) is 5.02 Å². The molecule has 1 unspecified atom stereocenters. The van der Waals surface area contributed by atoms with Crippen LogP contribution in [0.4, 0.5) is 0 Å². The zero-order valence-corrected chi connectivity index (χ0v) is 12.0. The molecular weight excluding hydrogens is 321 g/mol. The van der Waals surface area contributed by atoms with Crippen molar-refractivity contribution in [3.63, 3.8) is 0 Å². The highest BCUT2D eigenvalue weighted by Crippen LogP contribution is 2.29. The van der Waals surface area contributed by atoms with E-state index < -0.39 is 0 Å². The summed E-state index contributed by atoms with van der Waals surface area (Å²) in [5.74, 6) is 0. The van der Waals surface area contributed by atoms with Gasteiger partial charge in [-0.25, -0.2) is 0 Å². The minimum absolute atomic E-state index is 0.125. The van der Waals surface area contributed by atoms with Crippen LogP contribution in [0.1, 0.15) is 16.6 Å². The Morgan fingerprint density at radius 2 is 2.06 bits per heavy atom. The Labute approximate surface area is 119 Å². The third-order valence-electron chi connectivity index (χ3n) is 2.36. The number of aromatic nitrogens is 1. The molecule has 0 saturated heterocycles. The number of nitrogens with zero attached hydrogens (tertiary/aromatic N) is 1. The summed E-state index contributed by atoms with van der Waals surface area (Å²) in [5, 5.41) is 0.556. The van der Waals surface area contributed by atoms with E-state index in [1.165, 1.54) is 0 Å². The van der Waals surface area contributed by atoms with E-state index in [2.05, 4.69) is 20.9 Å². The minimum Gasteiger partial charge on any atom is -0.261 e. The summed E-state index contributed by atoms with van der Waals surface area (Å²) in [6.45, 7) is 0. The Morgan fingerprint density at radius 1 is 1.24 bits per heavy atom. The molecule has 0 saturated carbocycles. The van der Waals surface area contributed by atoms with Crippen LogP contribution in [0.15, 0.2) is 47.1 Å². The minimum atomic E-state index is -0.125. The van der Waals surface area contributed by atoms with Crippen molar-refractivity contribution in [2.24, 2.45) is 0 Å². The van der Waals surface area contributed by atoms with E-state index in [1.54, 1.807) is 6.20 Å². The van der Waals surface area contributed by atoms with Gasteiger partial charge in [-0.1, -0.05) is 33.6 Å². The van der Waals surface area contributed by atoms with Crippen LogP contribution in [0, 0.1) is 0 Å². The van der Waals surface area contributed by atoms with Gasteiger partial charge in [-0.15, -0.1) is 11.6 Å². The maximum atomic E-state index is 6.37. The first-order valence-electron chi connectivity index (χ1n) is 5.15. The lowest BCUT2D eigenvalue weighted by Crippen LogP contribution is -1.98. The Kier molecular flexibility index (Phi) is 4.43. The number of hydrogen-bond donors (Lipinski definition) is 0. The van der Waals surface area contributed by atoms with Gasteiger partial charge in [0.25, 0.3) is 0 Å². The summed E-state index contributed by atoms with van der Waals surface area (Å²) >= 11 is 15.8. The lowest BCUT2D eigenvalue weighted by molar-refractivity contribution is 0.880. The average molecular weight is 331 g/mol. The third kappa shape index (κ3) is 3.70. The van der Waals surface area contributed by atoms with Crippen LogP contribution in [0.5, 0.6) is 0 Å². The standard InChI is InChI=1S/C13H10BrCl2N/c14-10-5-9(6-11(15)7-10)13(16)8-12-3-1-2-4-17-12/h1-7,13H,8H2. The molecule has 0 fully saturated rings. The summed E-state index contributed by atoms with van der Waals surface area (Å²) in [4.78, 5) is 4.26. The second-order valence-corrected chi connectivity index (χ2v) is 5.57. The molecule has 4 heteroatoms. The first kappa shape index (κ1) is 12.9. The third-order valence-corrected chi connectivity index (χ3v) is 3.44. The summed E-state index contributed by atoms with van der Waals surface area (Å²) in [6, 6.07) is 11.5. The topological polar surface area (TPSA) is 12.9 Å². The number of hydrogen-bond acceptors (Lipinski definition) is 1. The molecular formula is C13H10BrCl2N. The van der Waals surface area contributed by atoms with Crippen molar-refractivity contribution >= 4 is 39.1 Å². The van der Waals surface area contributed by atoms with Gasteiger partial charge in [-0.3, -0.25) is 4.98 Å². The molecule has 0 N–H and O–H groups in total. The fourth-order valence-electron chi connectivity index (χ4n) is 1.58. The second-order valence-electron chi connectivity index (χ2n) is 3.70. The molecule has 2 rings (SSSR count). The summed E-state index contributed by atoms with van der Waals surface area (Å²) in [5.41, 5.74) is 1.97. The van der Waals surface area contributed by atoms with Crippen LogP contribution >= 0.6 is 39.1 Å². The highest BCUT2D eigenvalue weighted by molar-refractivity contribution is 9.10. The molecule has 0 aliphatic carbocycles. The van der Waals surface area contributed by atoms with Crippen molar-refractivity contribution in [1.29, 1.82) is 0 Å². The highest BCUT2D eigenvalue weighted by atomic mass is 79.9. The Hall–Kier alpha value is -0.570. The Morgan fingerprint density at radius 3 is 2.71 bits per heavy atom. The SMILES string of the molecule is Clc1cc(Br)cc(C(Cl)Cc2ccccn2)c1. The zero-order chi connectivity index (χ0) is 12.3. The molecule has 1 heterocycles. The normalized spacial score (nSPS) is 12.4. The first-order valence-corrected chi connectivity index (χ1v) is 6.76. The first-order chi connectivity index (χ1) is 8.15. The van der Waals surface area contributed by atoms with E-state index in [1.807, 2.05) is 36.4 Å². The van der Waals surface area contributed by atoms with Gasteiger partial charge in [-0.2, -0.15) is 0 Å². The van der Waals surface area contributed by atoms with Gasteiger partial charge in [0.05, 0.1) is 5.38 Å². The maximum absolute atomic E-state index is 6.37. The van der Waals surface area contributed by atoms with Crippen molar-refractivity contribution < 1.29 is 0 Å². The predicted molar refractivity (Wildman–Crippen MR) is 75.7 cm³/mol. The average Bonchev–Trinajstić information content (AvgIpc) is 2.29. The number of halogens is 3. The molecule has 17 heavy (non-hydrogen) atoms. The van der Waals surface area contributed by atoms with E-state index in [4.69, 9.17) is 23.2 Å². The molecule has 1 atom stereocenters. The highest BCUT2D eigenvalue weighted by Gasteiger charge is 2.11. The second kappa shape index (κ2) is 5.85. The zero-order valence-electron chi connectivity index (χ0n) is 8.91. The van der Waals surface area contributed by atoms with Gasteiger partial charge in [0, 0.05) is 27.8 Å². The van der Waals surface area contributed by atoms with Crippen molar-refractivity contribution in [2.75, 3.05) is 0 Å². The van der Waals surface area contributed by atoms with Crippen LogP contribution in [0.3, 0.4) is 0 Å². The largest absolute Gasteiger partial charge is 0.261 e. The lowest BCUT2D eigenvalue weighted by atomic mass is 10.1. The van der Waals surface area contributed by atoms with E-state index in [0.29, 0.717) is 11.4 Å². The molecule has 0 bridgehead atoms. The Balaban J connectivity index is 2.17. The molecule has 0 aliphatic heterocycles. The van der Waals surface area contributed by atoms with E-state index in [-0.39, 0.29) is 5.38 Å². The summed E-state index contributed by atoms with van der Waals surface area (Å²) < 4.78 is 0.937. The summed E-state index contributed by atoms with van der Waals surface area (Å²) in [7, 11) is 0. The quantitative estimate of drug-likeness (QED) is 0.720. The van der Waals surface area contributed by atoms with Crippen molar-refractivity contribution in [3.8, 4) is 0 Å². The molecule has 0 spiro atoms. The predicted octanol–water partition coefficient (Wildman–Crippen LogP) is 5.02. The van der Waals surface area contributed by atoms with Crippen molar-refractivity contribution in [1.82, 2.24) is 4.98 Å². The molecule has 1 aromatic heterocycles. The number of alkyl halides is 1. The summed E-state index contributed by atoms with van der Waals surface area (Å²) in [6.07, 6.45) is 2.46. The van der Waals surface area contributed by atoms with Crippen LogP contribution in [0.25, 0.3) is 0 Å². The van der Waals surface area contributed by atoms with Gasteiger partial charge in [-0.05, 0) is 35.9 Å². The monoisotopic (exact) mass is 329 g/mol. The molecule has 0 amide bonds. The van der Waals surface area contributed by atoms with E-state index >= 15 is 0 Å². The number of benzene rings is 1. The van der Waals surface area contributed by atoms with Gasteiger partial charge >= 0.3 is 0 Å². The van der Waals surface area contributed by atoms with Crippen LogP contribution in [-0.2, 0) is 6.42 Å². The van der Waals surface area contributed by atoms with Crippen LogP contribution < -0.4 is 0 Å². The molecule has 0 aliphatic rings. The molecule has 1 aromatic carbocycles. The van der Waals surface area contributed by atoms with Gasteiger partial charge in [0.2, 0.25) is 0 Å². The lowest BCUT2D eigenvalue weighted by Gasteiger charge is -2.10. The van der Waals surface area contributed by atoms with E-state index in [0.717, 1.165) is 15.7 Å². The number of rotatable bonds is 3. The number of pyridine rings is 1. The molecule has 1 nitrogen and oxygen atoms in total. The van der Waals surface area contributed by atoms with Gasteiger partial charge in [0.1, 0.15) is 0 Å². The maximum Gasteiger partial charge on any atom is 0.0641 e. The molecule has 0 radical (unpaired) electrons. The van der Waals surface area contributed by atoms with Gasteiger partial charge < -0.3 is 0 Å². The fourth-order valence-corrected chi connectivity index (χ4v) is 2.75. The van der Waals surface area contributed by atoms with Crippen molar-refractivity contribution in [2.45, 2.75) is 11.8 Å². The van der Waals surface area contributed by atoms with Crippen LogP contribution in [-0.4, -0.2) is 4.98 Å². The Bertz CT molecular complexity index is 482. The smallest absolute Gasteiger partial charge is 0.0641 e. The molecule has 88 valence electrons. The fraction of sp³-hybridized carbons (Fsp3) is 0.154.